The molecule has 0 unspecified atom stereocenters. The van der Waals surface area contributed by atoms with Crippen molar-refractivity contribution in [1.29, 1.82) is 0 Å². The van der Waals surface area contributed by atoms with Crippen LogP contribution in [0.15, 0.2) is 30.5 Å². The molecular formula is C25H24F2N4O3S. The highest BCUT2D eigenvalue weighted by atomic mass is 32.1. The smallest absolute Gasteiger partial charge is 0.256 e. The summed E-state index contributed by atoms with van der Waals surface area (Å²) in [5.41, 5.74) is 2.28. The lowest BCUT2D eigenvalue weighted by Crippen LogP contribution is -2.56. The van der Waals surface area contributed by atoms with Crippen LogP contribution in [0.4, 0.5) is 14.7 Å². The summed E-state index contributed by atoms with van der Waals surface area (Å²) in [7, 11) is 0. The van der Waals surface area contributed by atoms with Crippen LogP contribution in [0, 0.1) is 18.6 Å². The molecule has 0 aliphatic carbocycles. The summed E-state index contributed by atoms with van der Waals surface area (Å²) in [4.78, 5) is 26.3. The molecule has 1 spiro atoms. The predicted octanol–water partition coefficient (Wildman–Crippen LogP) is 4.26. The minimum Gasteiger partial charge on any atom is -0.381 e. The molecule has 2 aromatic heterocycles. The van der Waals surface area contributed by atoms with Gasteiger partial charge in [-0.2, -0.15) is 0 Å². The zero-order valence-corrected chi connectivity index (χ0v) is 20.0. The molecule has 0 saturated carbocycles. The molecule has 1 N–H and O–H groups in total. The quantitative estimate of drug-likeness (QED) is 0.567. The second-order valence-electron chi connectivity index (χ2n) is 9.27. The standard InChI is InChI=1S/C25H24F2N4O3S/c1-14-10-28-24(29-16-4-6-33-7-5-16)30-21(14)20-9-17-22(35-20)25(12-34-13-25)31(23(17)32)11-15-2-3-18(26)19(27)8-15/h2-3,8-10,16H,4-7,11-13H2,1H3,(H,28,29,30). The van der Waals surface area contributed by atoms with Crippen LogP contribution in [0.2, 0.25) is 0 Å². The molecule has 0 atom stereocenters. The fourth-order valence-electron chi connectivity index (χ4n) is 4.89. The van der Waals surface area contributed by atoms with Crippen molar-refractivity contribution >= 4 is 23.2 Å². The molecule has 0 radical (unpaired) electrons. The zero-order chi connectivity index (χ0) is 24.2. The monoisotopic (exact) mass is 498 g/mol. The van der Waals surface area contributed by atoms with E-state index in [4.69, 9.17) is 14.5 Å². The first-order valence-electron chi connectivity index (χ1n) is 11.6. The summed E-state index contributed by atoms with van der Waals surface area (Å²) in [5.74, 6) is -1.39. The number of fused-ring (bicyclic) bond motifs is 2. The second-order valence-corrected chi connectivity index (χ2v) is 10.3. The van der Waals surface area contributed by atoms with Gasteiger partial charge in [0.1, 0.15) is 5.54 Å². The minimum atomic E-state index is -0.922. The number of nitrogens with one attached hydrogen (secondary N) is 1. The number of aryl methyl sites for hydroxylation is 1. The predicted molar refractivity (Wildman–Crippen MR) is 126 cm³/mol. The molecule has 35 heavy (non-hydrogen) atoms. The molecule has 0 bridgehead atoms. The van der Waals surface area contributed by atoms with E-state index in [1.165, 1.54) is 17.4 Å². The van der Waals surface area contributed by atoms with E-state index in [2.05, 4.69) is 10.3 Å². The van der Waals surface area contributed by atoms with Gasteiger partial charge in [-0.05, 0) is 49.1 Å². The van der Waals surface area contributed by atoms with Gasteiger partial charge >= 0.3 is 0 Å². The summed E-state index contributed by atoms with van der Waals surface area (Å²) in [6, 6.07) is 5.90. The second kappa shape index (κ2) is 8.61. The number of carbonyl (C=O) groups is 1. The highest BCUT2D eigenvalue weighted by Crippen LogP contribution is 2.50. The van der Waals surface area contributed by atoms with E-state index < -0.39 is 17.2 Å². The number of thiophene rings is 1. The van der Waals surface area contributed by atoms with Gasteiger partial charge in [-0.1, -0.05) is 6.07 Å². The van der Waals surface area contributed by atoms with Crippen LogP contribution in [0.3, 0.4) is 0 Å². The van der Waals surface area contributed by atoms with Crippen molar-refractivity contribution in [2.24, 2.45) is 0 Å². The number of ether oxygens (including phenoxy) is 2. The van der Waals surface area contributed by atoms with Gasteiger partial charge in [-0.3, -0.25) is 4.79 Å². The van der Waals surface area contributed by atoms with E-state index in [-0.39, 0.29) is 18.5 Å². The molecular weight excluding hydrogens is 474 g/mol. The van der Waals surface area contributed by atoms with Crippen LogP contribution >= 0.6 is 11.3 Å². The van der Waals surface area contributed by atoms with Crippen molar-refractivity contribution in [2.45, 2.75) is 37.9 Å². The van der Waals surface area contributed by atoms with Crippen LogP contribution in [0.25, 0.3) is 10.6 Å². The topological polar surface area (TPSA) is 76.6 Å². The molecule has 3 aliphatic rings. The number of carbonyl (C=O) groups excluding carboxylic acids is 1. The number of nitrogens with zero attached hydrogens (tertiary/aromatic N) is 3. The van der Waals surface area contributed by atoms with Gasteiger partial charge in [0, 0.05) is 36.9 Å². The van der Waals surface area contributed by atoms with E-state index in [0.717, 1.165) is 59.2 Å². The highest BCUT2D eigenvalue weighted by molar-refractivity contribution is 7.16. The van der Waals surface area contributed by atoms with Crippen molar-refractivity contribution in [3.8, 4) is 10.6 Å². The Labute approximate surface area is 205 Å². The molecule has 10 heteroatoms. The molecule has 2 saturated heterocycles. The minimum absolute atomic E-state index is 0.136. The Balaban J connectivity index is 1.30. The van der Waals surface area contributed by atoms with Crippen molar-refractivity contribution in [3.05, 3.63) is 63.7 Å². The van der Waals surface area contributed by atoms with Gasteiger partial charge in [0.25, 0.3) is 5.91 Å². The maximum Gasteiger partial charge on any atom is 0.256 e. The third kappa shape index (κ3) is 3.80. The number of aromatic nitrogens is 2. The van der Waals surface area contributed by atoms with Crippen molar-refractivity contribution in [1.82, 2.24) is 14.9 Å². The maximum absolute atomic E-state index is 13.8. The van der Waals surface area contributed by atoms with Crippen LogP contribution < -0.4 is 5.32 Å². The molecule has 6 rings (SSSR count). The van der Waals surface area contributed by atoms with E-state index in [1.807, 2.05) is 13.0 Å². The largest absolute Gasteiger partial charge is 0.381 e. The number of halogens is 2. The number of benzene rings is 1. The summed E-state index contributed by atoms with van der Waals surface area (Å²) in [5, 5.41) is 3.41. The maximum atomic E-state index is 13.8. The van der Waals surface area contributed by atoms with Crippen molar-refractivity contribution in [3.63, 3.8) is 0 Å². The first-order chi connectivity index (χ1) is 16.9. The van der Waals surface area contributed by atoms with E-state index >= 15 is 0 Å². The van der Waals surface area contributed by atoms with Gasteiger partial charge in [0.15, 0.2) is 11.6 Å². The molecule has 2 fully saturated rings. The molecule has 1 amide bonds. The molecule has 3 aliphatic heterocycles. The highest BCUT2D eigenvalue weighted by Gasteiger charge is 2.56. The normalized spacial score (nSPS) is 19.2. The lowest BCUT2D eigenvalue weighted by Gasteiger charge is -2.45. The number of hydrogen-bond donors (Lipinski definition) is 1. The van der Waals surface area contributed by atoms with Gasteiger partial charge in [-0.15, -0.1) is 11.3 Å². The Kier molecular flexibility index (Phi) is 5.54. The van der Waals surface area contributed by atoms with E-state index in [1.54, 1.807) is 11.1 Å². The van der Waals surface area contributed by atoms with E-state index in [9.17, 15) is 13.6 Å². The SMILES string of the molecule is Cc1cnc(NC2CCOCC2)nc1-c1cc2c(s1)C1(COC1)N(Cc1ccc(F)c(F)c1)C2=O. The average molecular weight is 499 g/mol. The average Bonchev–Trinajstić information content (AvgIpc) is 3.35. The van der Waals surface area contributed by atoms with Gasteiger partial charge in [-0.25, -0.2) is 18.7 Å². The number of anilines is 1. The summed E-state index contributed by atoms with van der Waals surface area (Å²) >= 11 is 1.54. The number of amides is 1. The Morgan fingerprint density at radius 2 is 1.97 bits per heavy atom. The number of rotatable bonds is 5. The first kappa shape index (κ1) is 22.5. The Morgan fingerprint density at radius 3 is 2.69 bits per heavy atom. The van der Waals surface area contributed by atoms with Crippen molar-refractivity contribution in [2.75, 3.05) is 31.7 Å². The van der Waals surface area contributed by atoms with Gasteiger partial charge in [0.05, 0.1) is 29.3 Å². The lowest BCUT2D eigenvalue weighted by atomic mass is 9.94. The molecule has 182 valence electrons. The van der Waals surface area contributed by atoms with Crippen LogP contribution in [-0.2, 0) is 21.6 Å². The van der Waals surface area contributed by atoms with E-state index in [0.29, 0.717) is 30.3 Å². The first-order valence-corrected chi connectivity index (χ1v) is 12.4. The third-order valence-electron chi connectivity index (χ3n) is 6.91. The van der Waals surface area contributed by atoms with Crippen LogP contribution in [0.5, 0.6) is 0 Å². The summed E-state index contributed by atoms with van der Waals surface area (Å²) in [6.07, 6.45) is 3.61. The zero-order valence-electron chi connectivity index (χ0n) is 19.1. The Bertz CT molecular complexity index is 1300. The summed E-state index contributed by atoms with van der Waals surface area (Å²) in [6.45, 7) is 4.33. The fourth-order valence-corrected chi connectivity index (χ4v) is 6.26. The van der Waals surface area contributed by atoms with Crippen LogP contribution in [-0.4, -0.2) is 53.2 Å². The molecule has 1 aromatic carbocycles. The van der Waals surface area contributed by atoms with Gasteiger partial charge in [0.2, 0.25) is 5.95 Å². The number of hydrogen-bond acceptors (Lipinski definition) is 7. The van der Waals surface area contributed by atoms with Crippen molar-refractivity contribution < 1.29 is 23.0 Å². The summed E-state index contributed by atoms with van der Waals surface area (Å²) < 4.78 is 38.1. The van der Waals surface area contributed by atoms with Crippen LogP contribution in [0.1, 0.15) is 39.2 Å². The molecule has 7 nitrogen and oxygen atoms in total. The molecule has 3 aromatic rings. The molecule has 5 heterocycles. The Morgan fingerprint density at radius 1 is 1.17 bits per heavy atom. The Hall–Kier alpha value is -2.95. The lowest BCUT2D eigenvalue weighted by molar-refractivity contribution is -0.126. The fraction of sp³-hybridized carbons (Fsp3) is 0.400. The van der Waals surface area contributed by atoms with Gasteiger partial charge < -0.3 is 19.7 Å². The third-order valence-corrected chi connectivity index (χ3v) is 8.25.